The van der Waals surface area contributed by atoms with E-state index in [1.807, 2.05) is 48.5 Å². The van der Waals surface area contributed by atoms with Crippen LogP contribution in [0.1, 0.15) is 5.69 Å². The van der Waals surface area contributed by atoms with Crippen LogP contribution in [-0.4, -0.2) is 17.7 Å². The molecular weight excluding hydrogens is 334 g/mol. The van der Waals surface area contributed by atoms with Crippen LogP contribution in [0.15, 0.2) is 75.7 Å². The van der Waals surface area contributed by atoms with Crippen molar-refractivity contribution in [1.29, 1.82) is 0 Å². The Morgan fingerprint density at radius 1 is 0.962 bits per heavy atom. The lowest BCUT2D eigenvalue weighted by molar-refractivity contribution is -0.147. The minimum atomic E-state index is -0.484. The molecule has 0 aliphatic carbocycles. The molecule has 0 saturated heterocycles. The van der Waals surface area contributed by atoms with Crippen LogP contribution in [0, 0.1) is 0 Å². The van der Waals surface area contributed by atoms with Gasteiger partial charge in [-0.15, -0.1) is 0 Å². The third kappa shape index (κ3) is 3.59. The van der Waals surface area contributed by atoms with Gasteiger partial charge in [-0.3, -0.25) is 0 Å². The van der Waals surface area contributed by atoms with Crippen LogP contribution in [0.4, 0.5) is 0 Å². The summed E-state index contributed by atoms with van der Waals surface area (Å²) in [5.41, 5.74) is 1.26. The highest BCUT2D eigenvalue weighted by molar-refractivity contribution is 5.81. The maximum atomic E-state index is 11.8. The van der Waals surface area contributed by atoms with Crippen molar-refractivity contribution in [3.8, 4) is 17.3 Å². The second-order valence-corrected chi connectivity index (χ2v) is 5.59. The van der Waals surface area contributed by atoms with E-state index >= 15 is 0 Å². The van der Waals surface area contributed by atoms with Crippen LogP contribution in [0.3, 0.4) is 0 Å². The Labute approximate surface area is 148 Å². The zero-order valence-corrected chi connectivity index (χ0v) is 13.8. The Bertz CT molecular complexity index is 986. The molecule has 0 unspecified atom stereocenters. The van der Waals surface area contributed by atoms with E-state index < -0.39 is 5.97 Å². The van der Waals surface area contributed by atoms with Gasteiger partial charge >= 0.3 is 5.97 Å². The highest BCUT2D eigenvalue weighted by Gasteiger charge is 2.13. The number of benzene rings is 2. The van der Waals surface area contributed by atoms with E-state index in [-0.39, 0.29) is 13.2 Å². The first-order valence-corrected chi connectivity index (χ1v) is 8.06. The molecule has 2 heterocycles. The smallest absolute Gasteiger partial charge is 0.344 e. The molecule has 0 aliphatic heterocycles. The maximum absolute atomic E-state index is 11.8. The van der Waals surface area contributed by atoms with Gasteiger partial charge in [0.25, 0.3) is 0 Å². The Hall–Kier alpha value is -3.54. The van der Waals surface area contributed by atoms with E-state index in [0.29, 0.717) is 23.0 Å². The van der Waals surface area contributed by atoms with Gasteiger partial charge in [0.15, 0.2) is 12.4 Å². The van der Waals surface area contributed by atoms with Crippen molar-refractivity contribution in [2.24, 2.45) is 0 Å². The predicted molar refractivity (Wildman–Crippen MR) is 93.4 cm³/mol. The zero-order valence-electron chi connectivity index (χ0n) is 13.8. The van der Waals surface area contributed by atoms with Gasteiger partial charge in [-0.05, 0) is 24.3 Å². The lowest BCUT2D eigenvalue weighted by Gasteiger charge is -2.05. The lowest BCUT2D eigenvalue weighted by atomic mass is 10.2. The fourth-order valence-corrected chi connectivity index (χ4v) is 2.45. The van der Waals surface area contributed by atoms with Gasteiger partial charge in [0.05, 0.1) is 0 Å². The fraction of sp³-hybridized carbons (Fsp3) is 0.100. The molecule has 26 heavy (non-hydrogen) atoms. The molecule has 0 radical (unpaired) electrons. The summed E-state index contributed by atoms with van der Waals surface area (Å²) in [4.78, 5) is 11.8. The molecule has 0 fully saturated rings. The minimum absolute atomic E-state index is 0.000706. The number of aromatic nitrogens is 1. The summed E-state index contributed by atoms with van der Waals surface area (Å²) in [6, 6.07) is 20.3. The molecule has 0 amide bonds. The molecule has 130 valence electrons. The van der Waals surface area contributed by atoms with Gasteiger partial charge in [0.2, 0.25) is 5.76 Å². The Kier molecular flexibility index (Phi) is 4.38. The lowest BCUT2D eigenvalue weighted by Crippen LogP contribution is -2.14. The molecule has 0 aliphatic rings. The average molecular weight is 349 g/mol. The normalized spacial score (nSPS) is 10.8. The van der Waals surface area contributed by atoms with Gasteiger partial charge in [-0.1, -0.05) is 41.6 Å². The van der Waals surface area contributed by atoms with Gasteiger partial charge in [0, 0.05) is 11.5 Å². The number of esters is 1. The van der Waals surface area contributed by atoms with Crippen LogP contribution in [0.2, 0.25) is 0 Å². The first kappa shape index (κ1) is 16.0. The van der Waals surface area contributed by atoms with Crippen molar-refractivity contribution in [3.05, 3.63) is 72.4 Å². The number of para-hydroxylation sites is 2. The highest BCUT2D eigenvalue weighted by Crippen LogP contribution is 2.28. The van der Waals surface area contributed by atoms with Crippen molar-refractivity contribution in [2.75, 3.05) is 6.61 Å². The van der Waals surface area contributed by atoms with Crippen LogP contribution < -0.4 is 4.74 Å². The number of rotatable bonds is 6. The minimum Gasteiger partial charge on any atom is -0.482 e. The second-order valence-electron chi connectivity index (χ2n) is 5.59. The summed E-state index contributed by atoms with van der Waals surface area (Å²) < 4.78 is 21.5. The Balaban J connectivity index is 1.34. The molecule has 0 bridgehead atoms. The van der Waals surface area contributed by atoms with Crippen molar-refractivity contribution in [1.82, 2.24) is 5.16 Å². The van der Waals surface area contributed by atoms with Gasteiger partial charge in [-0.2, -0.15) is 0 Å². The zero-order chi connectivity index (χ0) is 17.8. The van der Waals surface area contributed by atoms with Gasteiger partial charge in [0.1, 0.15) is 23.6 Å². The van der Waals surface area contributed by atoms with Gasteiger partial charge in [-0.25, -0.2) is 4.79 Å². The number of hydrogen-bond acceptors (Lipinski definition) is 6. The van der Waals surface area contributed by atoms with E-state index in [9.17, 15) is 4.79 Å². The summed E-state index contributed by atoms with van der Waals surface area (Å²) in [5.74, 6) is 1.18. The van der Waals surface area contributed by atoms with Crippen molar-refractivity contribution < 1.29 is 23.2 Å². The van der Waals surface area contributed by atoms with E-state index in [1.54, 1.807) is 18.2 Å². The predicted octanol–water partition coefficient (Wildman–Crippen LogP) is 4.21. The summed E-state index contributed by atoms with van der Waals surface area (Å²) in [6.45, 7) is -0.168. The van der Waals surface area contributed by atoms with E-state index in [4.69, 9.17) is 18.4 Å². The number of nitrogens with zero attached hydrogens (tertiary/aromatic N) is 1. The number of hydrogen-bond donors (Lipinski definition) is 0. The molecule has 0 saturated carbocycles. The number of ether oxygens (including phenoxy) is 2. The van der Waals surface area contributed by atoms with Gasteiger partial charge < -0.3 is 18.4 Å². The number of carbonyl (C=O) groups excluding carboxylic acids is 1. The molecule has 2 aromatic heterocycles. The van der Waals surface area contributed by atoms with Crippen LogP contribution >= 0.6 is 0 Å². The molecule has 6 heteroatoms. The summed E-state index contributed by atoms with van der Waals surface area (Å²) in [5, 5.41) is 4.88. The Morgan fingerprint density at radius 2 is 1.77 bits per heavy atom. The van der Waals surface area contributed by atoms with E-state index in [2.05, 4.69) is 5.16 Å². The van der Waals surface area contributed by atoms with Crippen LogP contribution in [0.5, 0.6) is 5.75 Å². The molecule has 0 atom stereocenters. The van der Waals surface area contributed by atoms with Crippen molar-refractivity contribution in [2.45, 2.75) is 6.61 Å². The van der Waals surface area contributed by atoms with Crippen LogP contribution in [0.25, 0.3) is 22.5 Å². The van der Waals surface area contributed by atoms with Crippen molar-refractivity contribution >= 4 is 16.9 Å². The summed E-state index contributed by atoms with van der Waals surface area (Å²) >= 11 is 0. The first-order chi connectivity index (χ1) is 12.8. The number of carbonyl (C=O) groups is 1. The van der Waals surface area contributed by atoms with E-state index in [1.165, 1.54) is 0 Å². The maximum Gasteiger partial charge on any atom is 0.344 e. The number of fused-ring (bicyclic) bond motifs is 1. The Morgan fingerprint density at radius 3 is 2.62 bits per heavy atom. The monoisotopic (exact) mass is 349 g/mol. The average Bonchev–Trinajstić information content (AvgIpc) is 3.32. The SMILES string of the molecule is O=C(COc1ccccc1)OCc1cc(-c2cc3ccccc3o2)on1. The third-order valence-electron chi connectivity index (χ3n) is 3.71. The molecule has 2 aromatic carbocycles. The first-order valence-electron chi connectivity index (χ1n) is 8.06. The van der Waals surface area contributed by atoms with Crippen molar-refractivity contribution in [3.63, 3.8) is 0 Å². The third-order valence-corrected chi connectivity index (χ3v) is 3.71. The second kappa shape index (κ2) is 7.14. The quantitative estimate of drug-likeness (QED) is 0.485. The standard InChI is InChI=1S/C20H15NO5/c22-20(13-23-16-7-2-1-3-8-16)24-12-15-11-19(26-21-15)18-10-14-6-4-5-9-17(14)25-18/h1-11H,12-13H2. The topological polar surface area (TPSA) is 74.7 Å². The number of furan rings is 1. The molecular formula is C20H15NO5. The molecule has 6 nitrogen and oxygen atoms in total. The molecule has 0 N–H and O–H groups in total. The molecule has 0 spiro atoms. The largest absolute Gasteiger partial charge is 0.482 e. The fourth-order valence-electron chi connectivity index (χ4n) is 2.45. The highest BCUT2D eigenvalue weighted by atomic mass is 16.6. The molecule has 4 aromatic rings. The summed E-state index contributed by atoms with van der Waals surface area (Å²) in [7, 11) is 0. The summed E-state index contributed by atoms with van der Waals surface area (Å²) in [6.07, 6.45) is 0. The van der Waals surface area contributed by atoms with Crippen LogP contribution in [-0.2, 0) is 16.1 Å². The molecule has 4 rings (SSSR count). The van der Waals surface area contributed by atoms with E-state index in [0.717, 1.165) is 11.0 Å².